The molecule has 0 N–H and O–H groups in total. The number of pyridine rings is 1. The fourth-order valence-corrected chi connectivity index (χ4v) is 3.90. The molecule has 0 unspecified atom stereocenters. The zero-order valence-corrected chi connectivity index (χ0v) is 17.1. The Bertz CT molecular complexity index is 1140. The Balaban J connectivity index is 1.69. The van der Waals surface area contributed by atoms with Crippen molar-refractivity contribution in [1.29, 1.82) is 0 Å². The standard InChI is InChI=1S/C23H22N2O5/c1-28-20-11-18-14(7-9-24-19(18)12-21(20)29-2)13-25-10-8-15-16(22(25)26)5-4-6-17(15)23(27)30-3/h4-7,9,11-12H,8,10,13H2,1-3H3. The maximum absolute atomic E-state index is 13.2. The summed E-state index contributed by atoms with van der Waals surface area (Å²) in [4.78, 5) is 31.4. The molecule has 0 saturated heterocycles. The maximum Gasteiger partial charge on any atom is 0.338 e. The molecule has 0 fully saturated rings. The summed E-state index contributed by atoms with van der Waals surface area (Å²) < 4.78 is 15.6. The molecule has 0 atom stereocenters. The minimum Gasteiger partial charge on any atom is -0.493 e. The van der Waals surface area contributed by atoms with Crippen LogP contribution in [0.3, 0.4) is 0 Å². The second kappa shape index (κ2) is 8.02. The summed E-state index contributed by atoms with van der Waals surface area (Å²) in [5.41, 5.74) is 3.47. The average Bonchev–Trinajstić information content (AvgIpc) is 2.79. The number of nitrogens with zero attached hydrogens (tertiary/aromatic N) is 2. The van der Waals surface area contributed by atoms with Crippen molar-refractivity contribution in [3.05, 3.63) is 64.8 Å². The zero-order chi connectivity index (χ0) is 21.3. The van der Waals surface area contributed by atoms with Crippen molar-refractivity contribution in [3.63, 3.8) is 0 Å². The highest BCUT2D eigenvalue weighted by atomic mass is 16.5. The van der Waals surface area contributed by atoms with E-state index < -0.39 is 5.97 Å². The lowest BCUT2D eigenvalue weighted by Crippen LogP contribution is -2.37. The number of ether oxygens (including phenoxy) is 3. The number of rotatable bonds is 5. The molecule has 154 valence electrons. The Morgan fingerprint density at radius 3 is 2.60 bits per heavy atom. The molecule has 7 nitrogen and oxygen atoms in total. The van der Waals surface area contributed by atoms with E-state index in [1.54, 1.807) is 43.5 Å². The van der Waals surface area contributed by atoms with Gasteiger partial charge < -0.3 is 19.1 Å². The van der Waals surface area contributed by atoms with Gasteiger partial charge in [-0.3, -0.25) is 9.78 Å². The van der Waals surface area contributed by atoms with Crippen molar-refractivity contribution in [2.45, 2.75) is 13.0 Å². The van der Waals surface area contributed by atoms with Crippen molar-refractivity contribution in [1.82, 2.24) is 9.88 Å². The first-order valence-electron chi connectivity index (χ1n) is 9.56. The van der Waals surface area contributed by atoms with Crippen LogP contribution in [-0.4, -0.2) is 49.6 Å². The monoisotopic (exact) mass is 406 g/mol. The van der Waals surface area contributed by atoms with E-state index in [4.69, 9.17) is 14.2 Å². The van der Waals surface area contributed by atoms with Gasteiger partial charge in [-0.15, -0.1) is 0 Å². The molecule has 2 aromatic carbocycles. The molecular formula is C23H22N2O5. The van der Waals surface area contributed by atoms with E-state index in [1.807, 2.05) is 18.2 Å². The molecule has 0 aliphatic carbocycles. The van der Waals surface area contributed by atoms with Crippen molar-refractivity contribution < 1.29 is 23.8 Å². The van der Waals surface area contributed by atoms with E-state index in [0.29, 0.717) is 42.1 Å². The number of fused-ring (bicyclic) bond motifs is 2. The van der Waals surface area contributed by atoms with Gasteiger partial charge in [-0.2, -0.15) is 0 Å². The predicted octanol–water partition coefficient (Wildman–Crippen LogP) is 3.24. The third-order valence-corrected chi connectivity index (χ3v) is 5.43. The van der Waals surface area contributed by atoms with Gasteiger partial charge >= 0.3 is 5.97 Å². The van der Waals surface area contributed by atoms with Crippen LogP contribution < -0.4 is 9.47 Å². The van der Waals surface area contributed by atoms with Crippen molar-refractivity contribution in [2.24, 2.45) is 0 Å². The Morgan fingerprint density at radius 2 is 1.87 bits per heavy atom. The highest BCUT2D eigenvalue weighted by Crippen LogP contribution is 2.33. The Kier molecular flexibility index (Phi) is 5.27. The quantitative estimate of drug-likeness (QED) is 0.606. The SMILES string of the molecule is COC(=O)c1cccc2c1CCN(Cc1ccnc3cc(OC)c(OC)cc13)C2=O. The third-order valence-electron chi connectivity index (χ3n) is 5.43. The number of benzene rings is 2. The molecule has 0 saturated carbocycles. The summed E-state index contributed by atoms with van der Waals surface area (Å²) >= 11 is 0. The highest BCUT2D eigenvalue weighted by Gasteiger charge is 2.28. The molecule has 3 aromatic rings. The number of amides is 1. The molecule has 0 bridgehead atoms. The fraction of sp³-hybridized carbons (Fsp3) is 0.261. The molecule has 1 aliphatic heterocycles. The fourth-order valence-electron chi connectivity index (χ4n) is 3.90. The van der Waals surface area contributed by atoms with Crippen LogP contribution in [-0.2, 0) is 17.7 Å². The zero-order valence-electron chi connectivity index (χ0n) is 17.1. The number of carbonyl (C=O) groups excluding carboxylic acids is 2. The Labute approximate surface area is 174 Å². The van der Waals surface area contributed by atoms with Crippen LogP contribution in [0.1, 0.15) is 31.8 Å². The molecule has 30 heavy (non-hydrogen) atoms. The largest absolute Gasteiger partial charge is 0.493 e. The predicted molar refractivity (Wildman–Crippen MR) is 111 cm³/mol. The second-order valence-corrected chi connectivity index (χ2v) is 6.99. The molecule has 1 aliphatic rings. The molecule has 0 spiro atoms. The number of hydrogen-bond donors (Lipinski definition) is 0. The van der Waals surface area contributed by atoms with E-state index in [0.717, 1.165) is 22.0 Å². The number of hydrogen-bond acceptors (Lipinski definition) is 6. The van der Waals surface area contributed by atoms with Gasteiger partial charge in [0.25, 0.3) is 5.91 Å². The van der Waals surface area contributed by atoms with E-state index in [-0.39, 0.29) is 5.91 Å². The van der Waals surface area contributed by atoms with E-state index in [9.17, 15) is 9.59 Å². The van der Waals surface area contributed by atoms with Crippen LogP contribution >= 0.6 is 0 Å². The minimum atomic E-state index is -0.422. The Morgan fingerprint density at radius 1 is 1.10 bits per heavy atom. The second-order valence-electron chi connectivity index (χ2n) is 6.99. The van der Waals surface area contributed by atoms with E-state index in [1.165, 1.54) is 7.11 Å². The topological polar surface area (TPSA) is 78.0 Å². The van der Waals surface area contributed by atoms with Crippen LogP contribution in [0.25, 0.3) is 10.9 Å². The smallest absolute Gasteiger partial charge is 0.338 e. The van der Waals surface area contributed by atoms with E-state index >= 15 is 0 Å². The summed E-state index contributed by atoms with van der Waals surface area (Å²) in [6.45, 7) is 0.937. The summed E-state index contributed by atoms with van der Waals surface area (Å²) in [6, 6.07) is 10.8. The van der Waals surface area contributed by atoms with E-state index in [2.05, 4.69) is 4.98 Å². The lowest BCUT2D eigenvalue weighted by atomic mass is 9.93. The van der Waals surface area contributed by atoms with Gasteiger partial charge in [-0.25, -0.2) is 4.79 Å². The van der Waals surface area contributed by atoms with Gasteiger partial charge in [0.2, 0.25) is 0 Å². The lowest BCUT2D eigenvalue weighted by Gasteiger charge is -2.30. The van der Waals surface area contributed by atoms with Crippen molar-refractivity contribution in [2.75, 3.05) is 27.9 Å². The van der Waals surface area contributed by atoms with Gasteiger partial charge in [0, 0.05) is 36.3 Å². The third kappa shape index (κ3) is 3.32. The maximum atomic E-state index is 13.2. The van der Waals surface area contributed by atoms with Crippen molar-refractivity contribution in [3.8, 4) is 11.5 Å². The van der Waals surface area contributed by atoms with Gasteiger partial charge in [0.05, 0.1) is 32.4 Å². The van der Waals surface area contributed by atoms with Gasteiger partial charge in [-0.1, -0.05) is 6.07 Å². The average molecular weight is 406 g/mol. The summed E-state index contributed by atoms with van der Waals surface area (Å²) in [6.07, 6.45) is 2.31. The molecule has 4 rings (SSSR count). The summed E-state index contributed by atoms with van der Waals surface area (Å²) in [5, 5.41) is 0.900. The number of aromatic nitrogens is 1. The van der Waals surface area contributed by atoms with Crippen LogP contribution in [0, 0.1) is 0 Å². The van der Waals surface area contributed by atoms with Crippen LogP contribution in [0.15, 0.2) is 42.6 Å². The van der Waals surface area contributed by atoms with Crippen LogP contribution in [0.4, 0.5) is 0 Å². The molecule has 1 aromatic heterocycles. The number of methoxy groups -OCH3 is 3. The first-order valence-corrected chi connectivity index (χ1v) is 9.56. The Hall–Kier alpha value is -3.61. The first kappa shape index (κ1) is 19.7. The van der Waals surface area contributed by atoms with Gasteiger partial charge in [0.15, 0.2) is 11.5 Å². The van der Waals surface area contributed by atoms with Crippen molar-refractivity contribution >= 4 is 22.8 Å². The summed E-state index contributed by atoms with van der Waals surface area (Å²) in [7, 11) is 4.51. The minimum absolute atomic E-state index is 0.104. The van der Waals surface area contributed by atoms with Gasteiger partial charge in [0.1, 0.15) is 0 Å². The van der Waals surface area contributed by atoms with Gasteiger partial charge in [-0.05, 0) is 41.8 Å². The van der Waals surface area contributed by atoms with Crippen LogP contribution in [0.5, 0.6) is 11.5 Å². The first-order chi connectivity index (χ1) is 14.6. The lowest BCUT2D eigenvalue weighted by molar-refractivity contribution is 0.0598. The molecule has 1 amide bonds. The molecule has 2 heterocycles. The molecule has 0 radical (unpaired) electrons. The normalized spacial score (nSPS) is 13.2. The van der Waals surface area contributed by atoms with Crippen LogP contribution in [0.2, 0.25) is 0 Å². The number of esters is 1. The molecular weight excluding hydrogens is 384 g/mol. The molecule has 7 heteroatoms. The highest BCUT2D eigenvalue weighted by molar-refractivity contribution is 6.01. The number of carbonyl (C=O) groups is 2. The summed E-state index contributed by atoms with van der Waals surface area (Å²) in [5.74, 6) is 0.687.